The molecule has 2 N–H and O–H groups in total. The van der Waals surface area contributed by atoms with Crippen LogP contribution in [0.1, 0.15) is 19.8 Å². The minimum atomic E-state index is -0.307. The number of anilines is 1. The summed E-state index contributed by atoms with van der Waals surface area (Å²) >= 11 is 0. The van der Waals surface area contributed by atoms with Crippen LogP contribution >= 0.6 is 0 Å². The van der Waals surface area contributed by atoms with E-state index in [1.54, 1.807) is 13.3 Å². The van der Waals surface area contributed by atoms with E-state index in [1.807, 2.05) is 12.1 Å². The van der Waals surface area contributed by atoms with E-state index in [9.17, 15) is 5.11 Å². The molecule has 1 aromatic rings. The van der Waals surface area contributed by atoms with Crippen molar-refractivity contribution in [2.45, 2.75) is 25.9 Å². The molecule has 0 aliphatic rings. The van der Waals surface area contributed by atoms with Crippen LogP contribution in [0.25, 0.3) is 0 Å². The lowest BCUT2D eigenvalue weighted by Gasteiger charge is -2.11. The van der Waals surface area contributed by atoms with Gasteiger partial charge in [0.2, 0.25) is 0 Å². The summed E-state index contributed by atoms with van der Waals surface area (Å²) < 4.78 is 4.99. The largest absolute Gasteiger partial charge is 0.495 e. The summed E-state index contributed by atoms with van der Waals surface area (Å²) in [6, 6.07) is 3.67. The first-order valence-electron chi connectivity index (χ1n) is 5.18. The first-order valence-corrected chi connectivity index (χ1v) is 5.18. The quantitative estimate of drug-likeness (QED) is 0.749. The van der Waals surface area contributed by atoms with Gasteiger partial charge in [-0.2, -0.15) is 0 Å². The highest BCUT2D eigenvalue weighted by Crippen LogP contribution is 2.11. The van der Waals surface area contributed by atoms with Gasteiger partial charge in [0.1, 0.15) is 11.6 Å². The van der Waals surface area contributed by atoms with E-state index in [1.165, 1.54) is 0 Å². The molecule has 0 amide bonds. The highest BCUT2D eigenvalue weighted by Gasteiger charge is 2.02. The van der Waals surface area contributed by atoms with Gasteiger partial charge in [-0.3, -0.25) is 0 Å². The monoisotopic (exact) mass is 210 g/mol. The molecule has 1 rings (SSSR count). The van der Waals surface area contributed by atoms with Gasteiger partial charge < -0.3 is 15.2 Å². The van der Waals surface area contributed by atoms with Crippen molar-refractivity contribution in [1.29, 1.82) is 0 Å². The molecule has 1 heterocycles. The van der Waals surface area contributed by atoms with Crippen LogP contribution in [0.3, 0.4) is 0 Å². The van der Waals surface area contributed by atoms with Crippen molar-refractivity contribution in [2.75, 3.05) is 19.0 Å². The number of methoxy groups -OCH3 is 1. The van der Waals surface area contributed by atoms with E-state index in [2.05, 4.69) is 17.2 Å². The molecule has 0 aliphatic carbocycles. The molecule has 1 aromatic heterocycles. The van der Waals surface area contributed by atoms with Crippen molar-refractivity contribution in [3.05, 3.63) is 18.3 Å². The second-order valence-electron chi connectivity index (χ2n) is 3.41. The molecule has 0 saturated heterocycles. The number of nitrogens with one attached hydrogen (secondary N) is 1. The Morgan fingerprint density at radius 1 is 1.53 bits per heavy atom. The van der Waals surface area contributed by atoms with Gasteiger partial charge in [-0.1, -0.05) is 13.3 Å². The van der Waals surface area contributed by atoms with E-state index in [4.69, 9.17) is 4.74 Å². The maximum atomic E-state index is 9.50. The van der Waals surface area contributed by atoms with Crippen LogP contribution in [0, 0.1) is 0 Å². The molecular weight excluding hydrogens is 192 g/mol. The predicted octanol–water partition coefficient (Wildman–Crippen LogP) is 1.66. The Labute approximate surface area is 90.3 Å². The van der Waals surface area contributed by atoms with Gasteiger partial charge in [0.15, 0.2) is 0 Å². The Morgan fingerprint density at radius 2 is 2.33 bits per heavy atom. The summed E-state index contributed by atoms with van der Waals surface area (Å²) in [7, 11) is 1.61. The van der Waals surface area contributed by atoms with E-state index < -0.39 is 0 Å². The van der Waals surface area contributed by atoms with Crippen LogP contribution in [0.5, 0.6) is 5.75 Å². The van der Waals surface area contributed by atoms with Gasteiger partial charge in [0.25, 0.3) is 0 Å². The third-order valence-electron chi connectivity index (χ3n) is 2.11. The summed E-state index contributed by atoms with van der Waals surface area (Å²) in [6.07, 6.45) is 3.13. The summed E-state index contributed by atoms with van der Waals surface area (Å²) in [5.41, 5.74) is 0. The summed E-state index contributed by atoms with van der Waals surface area (Å²) in [4.78, 5) is 4.13. The van der Waals surface area contributed by atoms with Crippen LogP contribution in [0.4, 0.5) is 5.82 Å². The standard InChI is InChI=1S/C11H18N2O2/c1-3-4-9(14)7-12-11-6-5-10(15-2)8-13-11/h5-6,8-9,14H,3-4,7H2,1-2H3,(H,12,13). The Kier molecular flexibility index (Phi) is 4.90. The van der Waals surface area contributed by atoms with Gasteiger partial charge in [0, 0.05) is 6.54 Å². The number of pyridine rings is 1. The number of aromatic nitrogens is 1. The van der Waals surface area contributed by atoms with Crippen LogP contribution in [0.2, 0.25) is 0 Å². The summed E-state index contributed by atoms with van der Waals surface area (Å²) in [5.74, 6) is 1.49. The van der Waals surface area contributed by atoms with Crippen molar-refractivity contribution < 1.29 is 9.84 Å². The van der Waals surface area contributed by atoms with Crippen molar-refractivity contribution in [2.24, 2.45) is 0 Å². The molecule has 84 valence electrons. The van der Waals surface area contributed by atoms with E-state index >= 15 is 0 Å². The first-order chi connectivity index (χ1) is 7.26. The second-order valence-corrected chi connectivity index (χ2v) is 3.41. The lowest BCUT2D eigenvalue weighted by atomic mass is 10.2. The fourth-order valence-corrected chi connectivity index (χ4v) is 1.26. The first kappa shape index (κ1) is 11.8. The van der Waals surface area contributed by atoms with Crippen molar-refractivity contribution in [1.82, 2.24) is 4.98 Å². The number of nitrogens with zero attached hydrogens (tertiary/aromatic N) is 1. The zero-order valence-electron chi connectivity index (χ0n) is 9.23. The molecule has 4 heteroatoms. The Bertz CT molecular complexity index is 274. The SMILES string of the molecule is CCCC(O)CNc1ccc(OC)cn1. The average molecular weight is 210 g/mol. The maximum Gasteiger partial charge on any atom is 0.137 e. The van der Waals surface area contributed by atoms with Crippen LogP contribution in [0.15, 0.2) is 18.3 Å². The van der Waals surface area contributed by atoms with Gasteiger partial charge in [-0.05, 0) is 18.6 Å². The van der Waals surface area contributed by atoms with Crippen LogP contribution in [-0.2, 0) is 0 Å². The van der Waals surface area contributed by atoms with Gasteiger partial charge in [0.05, 0.1) is 19.4 Å². The number of aliphatic hydroxyl groups is 1. The predicted molar refractivity (Wildman–Crippen MR) is 60.2 cm³/mol. The molecule has 0 radical (unpaired) electrons. The zero-order chi connectivity index (χ0) is 11.1. The zero-order valence-corrected chi connectivity index (χ0v) is 9.23. The summed E-state index contributed by atoms with van der Waals surface area (Å²) in [6.45, 7) is 2.59. The second kappa shape index (κ2) is 6.24. The van der Waals surface area contributed by atoms with E-state index in [-0.39, 0.29) is 6.10 Å². The van der Waals surface area contributed by atoms with Crippen molar-refractivity contribution in [3.63, 3.8) is 0 Å². The smallest absolute Gasteiger partial charge is 0.137 e. The molecule has 0 spiro atoms. The Hall–Kier alpha value is -1.29. The molecule has 0 bridgehead atoms. The lowest BCUT2D eigenvalue weighted by Crippen LogP contribution is -2.19. The highest BCUT2D eigenvalue weighted by molar-refractivity contribution is 5.37. The number of aliphatic hydroxyl groups excluding tert-OH is 1. The molecule has 1 unspecified atom stereocenters. The molecule has 15 heavy (non-hydrogen) atoms. The van der Waals surface area contributed by atoms with Crippen LogP contribution in [-0.4, -0.2) is 29.8 Å². The fraction of sp³-hybridized carbons (Fsp3) is 0.545. The minimum Gasteiger partial charge on any atom is -0.495 e. The number of hydrogen-bond donors (Lipinski definition) is 2. The highest BCUT2D eigenvalue weighted by atomic mass is 16.5. The van der Waals surface area contributed by atoms with Crippen LogP contribution < -0.4 is 10.1 Å². The van der Waals surface area contributed by atoms with Crippen molar-refractivity contribution in [3.8, 4) is 5.75 Å². The molecule has 1 atom stereocenters. The Balaban J connectivity index is 2.37. The third kappa shape index (κ3) is 4.16. The molecule has 0 saturated carbocycles. The average Bonchev–Trinajstić information content (AvgIpc) is 2.27. The molecule has 0 aliphatic heterocycles. The minimum absolute atomic E-state index is 0.307. The van der Waals surface area contributed by atoms with E-state index in [0.717, 1.165) is 24.4 Å². The maximum absolute atomic E-state index is 9.50. The number of hydrogen-bond acceptors (Lipinski definition) is 4. The number of ether oxygens (including phenoxy) is 1. The molecule has 4 nitrogen and oxygen atoms in total. The number of rotatable bonds is 6. The van der Waals surface area contributed by atoms with Gasteiger partial charge >= 0.3 is 0 Å². The third-order valence-corrected chi connectivity index (χ3v) is 2.11. The molecular formula is C11H18N2O2. The topological polar surface area (TPSA) is 54.4 Å². The van der Waals surface area contributed by atoms with E-state index in [0.29, 0.717) is 6.54 Å². The fourth-order valence-electron chi connectivity index (χ4n) is 1.26. The van der Waals surface area contributed by atoms with Gasteiger partial charge in [-0.25, -0.2) is 4.98 Å². The molecule has 0 aromatic carbocycles. The normalized spacial score (nSPS) is 12.2. The molecule has 0 fully saturated rings. The summed E-state index contributed by atoms with van der Waals surface area (Å²) in [5, 5.41) is 12.6. The lowest BCUT2D eigenvalue weighted by molar-refractivity contribution is 0.176. The Morgan fingerprint density at radius 3 is 2.87 bits per heavy atom. The van der Waals surface area contributed by atoms with Gasteiger partial charge in [-0.15, -0.1) is 0 Å². The van der Waals surface area contributed by atoms with Crippen molar-refractivity contribution >= 4 is 5.82 Å².